The van der Waals surface area contributed by atoms with E-state index in [-0.39, 0.29) is 11.9 Å². The topological polar surface area (TPSA) is 63.4 Å². The number of primary amides is 1. The first-order chi connectivity index (χ1) is 5.49. The van der Waals surface area contributed by atoms with Crippen LogP contribution in [0.15, 0.2) is 0 Å². The summed E-state index contributed by atoms with van der Waals surface area (Å²) in [6.07, 6.45) is 1.62. The Hall–Kier alpha value is -0.900. The predicted molar refractivity (Wildman–Crippen MR) is 44.4 cm³/mol. The van der Waals surface area contributed by atoms with Crippen molar-refractivity contribution >= 4 is 12.2 Å². The van der Waals surface area contributed by atoms with E-state index in [1.807, 2.05) is 4.90 Å². The van der Waals surface area contributed by atoms with Crippen LogP contribution in [0, 0.1) is 0 Å². The lowest BCUT2D eigenvalue weighted by molar-refractivity contribution is -0.136. The number of amides is 1. The highest BCUT2D eigenvalue weighted by atomic mass is 16.1. The van der Waals surface area contributed by atoms with Crippen molar-refractivity contribution < 1.29 is 9.59 Å². The fourth-order valence-corrected chi connectivity index (χ4v) is 1.44. The standard InChI is InChI=1S/C8H14N2O2/c1-8(2,5-11)10-4-3-6(10)7(9)12/h5-6H,3-4H2,1-2H3,(H2,9,12). The van der Waals surface area contributed by atoms with Gasteiger partial charge in [0.05, 0.1) is 11.6 Å². The minimum atomic E-state index is -0.558. The first kappa shape index (κ1) is 9.19. The van der Waals surface area contributed by atoms with E-state index in [1.165, 1.54) is 0 Å². The van der Waals surface area contributed by atoms with Gasteiger partial charge >= 0.3 is 0 Å². The Morgan fingerprint density at radius 2 is 2.25 bits per heavy atom. The number of rotatable bonds is 3. The van der Waals surface area contributed by atoms with Crippen LogP contribution >= 0.6 is 0 Å². The van der Waals surface area contributed by atoms with Crippen molar-refractivity contribution in [2.45, 2.75) is 31.8 Å². The van der Waals surface area contributed by atoms with Gasteiger partial charge < -0.3 is 10.5 Å². The summed E-state index contributed by atoms with van der Waals surface area (Å²) in [6, 6.07) is -0.245. The van der Waals surface area contributed by atoms with Gasteiger partial charge in [-0.1, -0.05) is 0 Å². The van der Waals surface area contributed by atoms with Gasteiger partial charge in [0.2, 0.25) is 5.91 Å². The van der Waals surface area contributed by atoms with Crippen LogP contribution in [0.3, 0.4) is 0 Å². The lowest BCUT2D eigenvalue weighted by Crippen LogP contribution is -2.63. The van der Waals surface area contributed by atoms with Gasteiger partial charge in [-0.3, -0.25) is 9.69 Å². The quantitative estimate of drug-likeness (QED) is 0.582. The molecule has 0 aliphatic carbocycles. The van der Waals surface area contributed by atoms with E-state index < -0.39 is 5.54 Å². The second kappa shape index (κ2) is 2.86. The van der Waals surface area contributed by atoms with Crippen LogP contribution in [0.25, 0.3) is 0 Å². The zero-order chi connectivity index (χ0) is 9.35. The average molecular weight is 170 g/mol. The molecule has 0 aromatic rings. The van der Waals surface area contributed by atoms with Crippen LogP contribution in [-0.2, 0) is 9.59 Å². The maximum atomic E-state index is 10.8. The normalized spacial score (nSPS) is 24.7. The number of hydrogen-bond acceptors (Lipinski definition) is 3. The molecule has 0 aromatic carbocycles. The highest BCUT2D eigenvalue weighted by molar-refractivity contribution is 5.81. The number of nitrogens with zero attached hydrogens (tertiary/aromatic N) is 1. The molecule has 4 nitrogen and oxygen atoms in total. The summed E-state index contributed by atoms with van der Waals surface area (Å²) >= 11 is 0. The Morgan fingerprint density at radius 1 is 1.67 bits per heavy atom. The third-order valence-corrected chi connectivity index (χ3v) is 2.38. The SMILES string of the molecule is CC(C)(C=O)N1CCC1C(N)=O. The van der Waals surface area contributed by atoms with E-state index in [0.717, 1.165) is 19.3 Å². The van der Waals surface area contributed by atoms with Crippen molar-refractivity contribution in [3.8, 4) is 0 Å². The second-order valence-electron chi connectivity index (χ2n) is 3.67. The zero-order valence-corrected chi connectivity index (χ0v) is 7.41. The third-order valence-electron chi connectivity index (χ3n) is 2.38. The molecule has 0 bridgehead atoms. The molecule has 68 valence electrons. The van der Waals surface area contributed by atoms with E-state index >= 15 is 0 Å². The third kappa shape index (κ3) is 1.34. The number of hydrogen-bond donors (Lipinski definition) is 1. The minimum Gasteiger partial charge on any atom is -0.368 e. The predicted octanol–water partition coefficient (Wildman–Crippen LogP) is -0.476. The van der Waals surface area contributed by atoms with Crippen LogP contribution in [0.2, 0.25) is 0 Å². The van der Waals surface area contributed by atoms with Crippen molar-refractivity contribution in [1.29, 1.82) is 0 Å². The molecule has 1 aliphatic rings. The Balaban J connectivity index is 2.66. The molecule has 1 aliphatic heterocycles. The maximum absolute atomic E-state index is 10.8. The molecule has 1 heterocycles. The molecular formula is C8H14N2O2. The molecule has 4 heteroatoms. The molecule has 1 fully saturated rings. The molecule has 12 heavy (non-hydrogen) atoms. The number of aldehydes is 1. The van der Waals surface area contributed by atoms with E-state index in [0.29, 0.717) is 0 Å². The fraction of sp³-hybridized carbons (Fsp3) is 0.750. The Kier molecular flexibility index (Phi) is 2.19. The molecule has 1 unspecified atom stereocenters. The van der Waals surface area contributed by atoms with Crippen LogP contribution < -0.4 is 5.73 Å². The second-order valence-corrected chi connectivity index (χ2v) is 3.67. The molecule has 1 saturated heterocycles. The molecule has 0 radical (unpaired) electrons. The van der Waals surface area contributed by atoms with Crippen molar-refractivity contribution in [2.24, 2.45) is 5.73 Å². The molecule has 2 N–H and O–H groups in total. The fourth-order valence-electron chi connectivity index (χ4n) is 1.44. The summed E-state index contributed by atoms with van der Waals surface area (Å²) in [6.45, 7) is 4.35. The zero-order valence-electron chi connectivity index (χ0n) is 7.41. The average Bonchev–Trinajstić information content (AvgIpc) is 1.82. The van der Waals surface area contributed by atoms with Crippen LogP contribution in [-0.4, -0.2) is 35.2 Å². The van der Waals surface area contributed by atoms with Gasteiger partial charge in [-0.2, -0.15) is 0 Å². The summed E-state index contributed by atoms with van der Waals surface area (Å²) in [4.78, 5) is 23.3. The van der Waals surface area contributed by atoms with Crippen molar-refractivity contribution in [3.05, 3.63) is 0 Å². The highest BCUT2D eigenvalue weighted by Gasteiger charge is 2.41. The number of carbonyl (C=O) groups is 2. The smallest absolute Gasteiger partial charge is 0.234 e. The van der Waals surface area contributed by atoms with Gasteiger partial charge in [0.1, 0.15) is 6.29 Å². The van der Waals surface area contributed by atoms with Crippen molar-refractivity contribution in [2.75, 3.05) is 6.54 Å². The Morgan fingerprint density at radius 3 is 2.50 bits per heavy atom. The first-order valence-corrected chi connectivity index (χ1v) is 4.01. The summed E-state index contributed by atoms with van der Waals surface area (Å²) in [7, 11) is 0. The molecule has 1 amide bonds. The maximum Gasteiger partial charge on any atom is 0.234 e. The molecule has 0 saturated carbocycles. The number of likely N-dealkylation sites (tertiary alicyclic amines) is 1. The lowest BCUT2D eigenvalue weighted by atomic mass is 9.92. The van der Waals surface area contributed by atoms with Gasteiger partial charge in [0.25, 0.3) is 0 Å². The first-order valence-electron chi connectivity index (χ1n) is 4.01. The summed E-state index contributed by atoms with van der Waals surface area (Å²) < 4.78 is 0. The van der Waals surface area contributed by atoms with E-state index in [1.54, 1.807) is 13.8 Å². The largest absolute Gasteiger partial charge is 0.368 e. The molecule has 1 rings (SSSR count). The molecule has 0 spiro atoms. The summed E-state index contributed by atoms with van der Waals surface area (Å²) in [5.74, 6) is -0.337. The monoisotopic (exact) mass is 170 g/mol. The van der Waals surface area contributed by atoms with E-state index in [4.69, 9.17) is 5.73 Å². The highest BCUT2D eigenvalue weighted by Crippen LogP contribution is 2.25. The van der Waals surface area contributed by atoms with Crippen LogP contribution in [0.5, 0.6) is 0 Å². The number of carbonyl (C=O) groups excluding carboxylic acids is 2. The van der Waals surface area contributed by atoms with Gasteiger partial charge in [-0.15, -0.1) is 0 Å². The Bertz CT molecular complexity index is 213. The molecule has 1 atom stereocenters. The van der Waals surface area contributed by atoms with Crippen LogP contribution in [0.4, 0.5) is 0 Å². The number of nitrogens with two attached hydrogens (primary N) is 1. The lowest BCUT2D eigenvalue weighted by Gasteiger charge is -2.46. The minimum absolute atomic E-state index is 0.245. The van der Waals surface area contributed by atoms with Gasteiger partial charge in [-0.25, -0.2) is 0 Å². The Labute approximate surface area is 71.7 Å². The molecular weight excluding hydrogens is 156 g/mol. The van der Waals surface area contributed by atoms with Crippen molar-refractivity contribution in [1.82, 2.24) is 4.90 Å². The van der Waals surface area contributed by atoms with E-state index in [9.17, 15) is 9.59 Å². The molecule has 0 aromatic heterocycles. The van der Waals surface area contributed by atoms with Crippen molar-refractivity contribution in [3.63, 3.8) is 0 Å². The van der Waals surface area contributed by atoms with Crippen LogP contribution in [0.1, 0.15) is 20.3 Å². The van der Waals surface area contributed by atoms with Gasteiger partial charge in [0.15, 0.2) is 0 Å². The summed E-state index contributed by atoms with van der Waals surface area (Å²) in [5, 5.41) is 0. The van der Waals surface area contributed by atoms with Gasteiger partial charge in [-0.05, 0) is 20.3 Å². The summed E-state index contributed by atoms with van der Waals surface area (Å²) in [5.41, 5.74) is 4.59. The van der Waals surface area contributed by atoms with E-state index in [2.05, 4.69) is 0 Å². The van der Waals surface area contributed by atoms with Gasteiger partial charge in [0, 0.05) is 6.54 Å².